The number of para-hydroxylation sites is 1. The van der Waals surface area contributed by atoms with E-state index in [4.69, 9.17) is 4.74 Å². The number of rotatable bonds is 4. The fourth-order valence-corrected chi connectivity index (χ4v) is 2.67. The highest BCUT2D eigenvalue weighted by atomic mass is 19.3. The lowest BCUT2D eigenvalue weighted by Crippen LogP contribution is -2.50. The second kappa shape index (κ2) is 6.16. The molecule has 0 atom stereocenters. The van der Waals surface area contributed by atoms with Crippen molar-refractivity contribution >= 4 is 17.4 Å². The van der Waals surface area contributed by atoms with Gasteiger partial charge in [-0.15, -0.1) is 0 Å². The van der Waals surface area contributed by atoms with Gasteiger partial charge in [0.25, 0.3) is 0 Å². The van der Waals surface area contributed by atoms with Crippen LogP contribution in [-0.4, -0.2) is 24.9 Å². The summed E-state index contributed by atoms with van der Waals surface area (Å²) in [5, 5.41) is 0. The minimum atomic E-state index is -4.04. The Hall–Kier alpha value is -2.96. The van der Waals surface area contributed by atoms with Crippen LogP contribution in [-0.2, 0) is 11.3 Å². The van der Waals surface area contributed by atoms with E-state index in [2.05, 4.69) is 4.74 Å². The Labute approximate surface area is 142 Å². The van der Waals surface area contributed by atoms with Crippen molar-refractivity contribution in [2.75, 3.05) is 12.0 Å². The Morgan fingerprint density at radius 3 is 2.64 bits per heavy atom. The summed E-state index contributed by atoms with van der Waals surface area (Å²) in [6.07, 6.45) is -4.04. The van der Waals surface area contributed by atoms with E-state index >= 15 is 0 Å². The minimum Gasteiger partial charge on any atom is -0.497 e. The van der Waals surface area contributed by atoms with Crippen molar-refractivity contribution in [3.05, 3.63) is 53.6 Å². The Morgan fingerprint density at radius 1 is 1.24 bits per heavy atom. The summed E-state index contributed by atoms with van der Waals surface area (Å²) in [5.41, 5.74) is 0.733. The number of Topliss-reactive ketones (excluding diaryl/α,β-unsaturated/α-hetero) is 1. The molecule has 0 N–H and O–H groups in total. The van der Waals surface area contributed by atoms with Gasteiger partial charge >= 0.3 is 12.0 Å². The molecule has 0 saturated heterocycles. The smallest absolute Gasteiger partial charge is 0.483 e. The van der Waals surface area contributed by atoms with Gasteiger partial charge in [-0.05, 0) is 36.8 Å². The Morgan fingerprint density at radius 2 is 1.96 bits per heavy atom. The van der Waals surface area contributed by atoms with Crippen LogP contribution in [0.3, 0.4) is 0 Å². The molecule has 1 amide bonds. The minimum absolute atomic E-state index is 0.000294. The molecule has 7 heteroatoms. The first-order valence-electron chi connectivity index (χ1n) is 7.49. The first-order valence-corrected chi connectivity index (χ1v) is 7.49. The largest absolute Gasteiger partial charge is 0.497 e. The average Bonchev–Trinajstić information content (AvgIpc) is 2.58. The molecule has 0 spiro atoms. The van der Waals surface area contributed by atoms with Crippen molar-refractivity contribution in [1.82, 2.24) is 0 Å². The molecule has 0 bridgehead atoms. The summed E-state index contributed by atoms with van der Waals surface area (Å²) in [6.45, 7) is 1.14. The van der Waals surface area contributed by atoms with Crippen LogP contribution in [0.5, 0.6) is 11.5 Å². The van der Waals surface area contributed by atoms with Crippen molar-refractivity contribution < 1.29 is 27.8 Å². The van der Waals surface area contributed by atoms with Gasteiger partial charge in [-0.1, -0.05) is 18.2 Å². The Balaban J connectivity index is 2.08. The van der Waals surface area contributed by atoms with E-state index in [0.717, 1.165) is 4.90 Å². The summed E-state index contributed by atoms with van der Waals surface area (Å²) in [6, 6.07) is 11.1. The van der Waals surface area contributed by atoms with Crippen LogP contribution >= 0.6 is 0 Å². The molecule has 25 heavy (non-hydrogen) atoms. The molecule has 3 rings (SSSR count). The summed E-state index contributed by atoms with van der Waals surface area (Å²) in [4.78, 5) is 24.8. The number of fused-ring (bicyclic) bond motifs is 1. The van der Waals surface area contributed by atoms with E-state index in [1.54, 1.807) is 24.3 Å². The van der Waals surface area contributed by atoms with E-state index < -0.39 is 17.8 Å². The molecule has 1 heterocycles. The number of carbonyl (C=O) groups excluding carboxylic acids is 2. The van der Waals surface area contributed by atoms with Gasteiger partial charge in [0.1, 0.15) is 5.75 Å². The molecule has 0 aliphatic carbocycles. The summed E-state index contributed by atoms with van der Waals surface area (Å²) in [7, 11) is 1.49. The van der Waals surface area contributed by atoms with Crippen molar-refractivity contribution in [3.63, 3.8) is 0 Å². The standard InChI is InChI=1S/C18H15F2NO4/c1-11(22)14-7-4-8-15-16(14)25-18(19,20)17(23)21(15)10-12-5-3-6-13(9-12)24-2/h3-9H,10H2,1-2H3. The van der Waals surface area contributed by atoms with Crippen molar-refractivity contribution in [1.29, 1.82) is 0 Å². The highest BCUT2D eigenvalue weighted by molar-refractivity contribution is 6.05. The van der Waals surface area contributed by atoms with E-state index in [0.29, 0.717) is 11.3 Å². The SMILES string of the molecule is COc1cccc(CN2C(=O)C(F)(F)Oc3c(C(C)=O)cccc32)c1. The molecule has 1 aliphatic rings. The molecule has 5 nitrogen and oxygen atoms in total. The van der Waals surface area contributed by atoms with E-state index in [9.17, 15) is 18.4 Å². The predicted molar refractivity (Wildman–Crippen MR) is 86.2 cm³/mol. The third-order valence-corrected chi connectivity index (χ3v) is 3.86. The third kappa shape index (κ3) is 3.05. The number of hydrogen-bond acceptors (Lipinski definition) is 4. The van der Waals surface area contributed by atoms with Crippen molar-refractivity contribution in [2.24, 2.45) is 0 Å². The zero-order chi connectivity index (χ0) is 18.2. The summed E-state index contributed by atoms with van der Waals surface area (Å²) in [5.74, 6) is -1.66. The zero-order valence-electron chi connectivity index (χ0n) is 13.6. The fraction of sp³-hybridized carbons (Fsp3) is 0.222. The molecule has 1 aliphatic heterocycles. The maximum atomic E-state index is 14.1. The Kier molecular flexibility index (Phi) is 4.16. The van der Waals surface area contributed by atoms with Gasteiger partial charge in [0.2, 0.25) is 0 Å². The Bertz CT molecular complexity index is 851. The van der Waals surface area contributed by atoms with Crippen LogP contribution in [0.1, 0.15) is 22.8 Å². The molecular formula is C18H15F2NO4. The van der Waals surface area contributed by atoms with Crippen LogP contribution < -0.4 is 14.4 Å². The number of amides is 1. The lowest BCUT2D eigenvalue weighted by molar-refractivity contribution is -0.193. The molecule has 0 aromatic heterocycles. The van der Waals surface area contributed by atoms with Gasteiger partial charge in [0, 0.05) is 0 Å². The quantitative estimate of drug-likeness (QED) is 0.796. The molecule has 0 radical (unpaired) electrons. The normalized spacial score (nSPS) is 15.4. The van der Waals surface area contributed by atoms with Crippen LogP contribution in [0.2, 0.25) is 0 Å². The molecule has 0 unspecified atom stereocenters. The number of ether oxygens (including phenoxy) is 2. The second-order valence-electron chi connectivity index (χ2n) is 5.57. The van der Waals surface area contributed by atoms with Crippen LogP contribution in [0.25, 0.3) is 0 Å². The van der Waals surface area contributed by atoms with Gasteiger partial charge in [-0.25, -0.2) is 0 Å². The van der Waals surface area contributed by atoms with Crippen LogP contribution in [0, 0.1) is 0 Å². The molecule has 0 saturated carbocycles. The molecular weight excluding hydrogens is 332 g/mol. The number of alkyl halides is 2. The third-order valence-electron chi connectivity index (χ3n) is 3.86. The number of halogens is 2. The van der Waals surface area contributed by atoms with Gasteiger partial charge in [0.05, 0.1) is 24.9 Å². The topological polar surface area (TPSA) is 55.8 Å². The summed E-state index contributed by atoms with van der Waals surface area (Å²) < 4.78 is 37.8. The first-order chi connectivity index (χ1) is 11.8. The predicted octanol–water partition coefficient (Wildman–Crippen LogP) is 3.42. The second-order valence-corrected chi connectivity index (χ2v) is 5.57. The maximum absolute atomic E-state index is 14.1. The number of benzene rings is 2. The highest BCUT2D eigenvalue weighted by Crippen LogP contribution is 2.42. The number of nitrogens with zero attached hydrogens (tertiary/aromatic N) is 1. The lowest BCUT2D eigenvalue weighted by Gasteiger charge is -2.34. The molecule has 2 aromatic rings. The highest BCUT2D eigenvalue weighted by Gasteiger charge is 2.51. The van der Waals surface area contributed by atoms with Gasteiger partial charge < -0.3 is 9.47 Å². The number of hydrogen-bond donors (Lipinski definition) is 0. The van der Waals surface area contributed by atoms with Gasteiger partial charge in [-0.2, -0.15) is 8.78 Å². The number of carbonyl (C=O) groups is 2. The summed E-state index contributed by atoms with van der Waals surface area (Å²) >= 11 is 0. The lowest BCUT2D eigenvalue weighted by atomic mass is 10.1. The number of ketones is 1. The van der Waals surface area contributed by atoms with Gasteiger partial charge in [0.15, 0.2) is 11.5 Å². The molecule has 2 aromatic carbocycles. The number of methoxy groups -OCH3 is 1. The number of anilines is 1. The van der Waals surface area contributed by atoms with E-state index in [1.807, 2.05) is 0 Å². The van der Waals surface area contributed by atoms with E-state index in [-0.39, 0.29) is 23.5 Å². The average molecular weight is 347 g/mol. The molecule has 130 valence electrons. The van der Waals surface area contributed by atoms with Gasteiger partial charge in [-0.3, -0.25) is 14.5 Å². The zero-order valence-corrected chi connectivity index (χ0v) is 13.6. The van der Waals surface area contributed by atoms with Crippen molar-refractivity contribution in [2.45, 2.75) is 19.6 Å². The fourth-order valence-electron chi connectivity index (χ4n) is 2.67. The van der Waals surface area contributed by atoms with E-state index in [1.165, 1.54) is 32.2 Å². The maximum Gasteiger partial charge on any atom is 0.483 e. The first kappa shape index (κ1) is 16.9. The monoisotopic (exact) mass is 347 g/mol. The van der Waals surface area contributed by atoms with Crippen LogP contribution in [0.15, 0.2) is 42.5 Å². The molecule has 0 fully saturated rings. The van der Waals surface area contributed by atoms with Crippen molar-refractivity contribution in [3.8, 4) is 11.5 Å². The van der Waals surface area contributed by atoms with Crippen LogP contribution in [0.4, 0.5) is 14.5 Å².